The molecule has 0 radical (unpaired) electrons. The Kier molecular flexibility index (Phi) is 6.09. The first-order valence-electron chi connectivity index (χ1n) is 10.8. The Morgan fingerprint density at radius 2 is 1.85 bits per heavy atom. The van der Waals surface area contributed by atoms with Gasteiger partial charge in [0.1, 0.15) is 6.54 Å². The van der Waals surface area contributed by atoms with Crippen LogP contribution in [0.4, 0.5) is 11.4 Å². The Morgan fingerprint density at radius 1 is 1.06 bits per heavy atom. The maximum Gasteiger partial charge on any atom is 0.244 e. The van der Waals surface area contributed by atoms with Crippen LogP contribution in [0.1, 0.15) is 12.5 Å². The van der Waals surface area contributed by atoms with Gasteiger partial charge in [0.15, 0.2) is 11.0 Å². The summed E-state index contributed by atoms with van der Waals surface area (Å²) in [6, 6.07) is 21.1. The normalized spacial score (nSPS) is 13.8. The van der Waals surface area contributed by atoms with E-state index in [1.165, 1.54) is 16.7 Å². The number of carbonyl (C=O) groups is 2. The lowest BCUT2D eigenvalue weighted by molar-refractivity contribution is -0.121. The molecule has 0 fully saturated rings. The highest BCUT2D eigenvalue weighted by Crippen LogP contribution is 2.33. The van der Waals surface area contributed by atoms with Crippen LogP contribution < -0.4 is 10.2 Å². The second-order valence-corrected chi connectivity index (χ2v) is 9.18. The van der Waals surface area contributed by atoms with Crippen LogP contribution in [0.5, 0.6) is 0 Å². The molecule has 0 unspecified atom stereocenters. The molecule has 0 saturated heterocycles. The van der Waals surface area contributed by atoms with E-state index in [2.05, 4.69) is 20.5 Å². The van der Waals surface area contributed by atoms with Crippen molar-refractivity contribution in [1.29, 1.82) is 0 Å². The van der Waals surface area contributed by atoms with Crippen molar-refractivity contribution in [2.75, 3.05) is 16.8 Å². The highest BCUT2D eigenvalue weighted by atomic mass is 32.2. The van der Waals surface area contributed by atoms with E-state index in [-0.39, 0.29) is 18.4 Å². The van der Waals surface area contributed by atoms with Gasteiger partial charge in [0, 0.05) is 18.0 Å². The first-order valence-corrected chi connectivity index (χ1v) is 11.7. The van der Waals surface area contributed by atoms with Gasteiger partial charge in [-0.15, -0.1) is 10.2 Å². The van der Waals surface area contributed by atoms with Gasteiger partial charge in [-0.05, 0) is 36.8 Å². The predicted molar refractivity (Wildman–Crippen MR) is 132 cm³/mol. The van der Waals surface area contributed by atoms with Crippen LogP contribution in [0.2, 0.25) is 0 Å². The third-order valence-corrected chi connectivity index (χ3v) is 6.55. The molecular weight excluding hydrogens is 448 g/mol. The van der Waals surface area contributed by atoms with Gasteiger partial charge in [0.25, 0.3) is 0 Å². The summed E-state index contributed by atoms with van der Waals surface area (Å²) >= 11 is 1.33. The van der Waals surface area contributed by atoms with Crippen molar-refractivity contribution in [2.45, 2.75) is 23.9 Å². The van der Waals surface area contributed by atoms with Crippen LogP contribution >= 0.6 is 11.8 Å². The zero-order valence-electron chi connectivity index (χ0n) is 18.5. The molecule has 4 aromatic rings. The maximum absolute atomic E-state index is 13.4. The smallest absolute Gasteiger partial charge is 0.244 e. The number of nitrogens with zero attached hydrogens (tertiary/aromatic N) is 5. The molecule has 1 aliphatic heterocycles. The lowest BCUT2D eigenvalue weighted by atomic mass is 10.2. The van der Waals surface area contributed by atoms with Gasteiger partial charge in [0.2, 0.25) is 11.8 Å². The van der Waals surface area contributed by atoms with Gasteiger partial charge in [-0.25, -0.2) is 0 Å². The number of hydrogen-bond donors (Lipinski definition) is 1. The summed E-state index contributed by atoms with van der Waals surface area (Å²) in [6.45, 7) is 2.36. The summed E-state index contributed by atoms with van der Waals surface area (Å²) in [5.41, 5.74) is 3.27. The molecule has 1 aliphatic rings. The summed E-state index contributed by atoms with van der Waals surface area (Å²) in [6.07, 6.45) is 3.46. The van der Waals surface area contributed by atoms with Crippen molar-refractivity contribution in [2.24, 2.45) is 0 Å². The van der Waals surface area contributed by atoms with Gasteiger partial charge in [0.05, 0.1) is 23.2 Å². The van der Waals surface area contributed by atoms with E-state index >= 15 is 0 Å². The van der Waals surface area contributed by atoms with Crippen molar-refractivity contribution in [1.82, 2.24) is 19.7 Å². The van der Waals surface area contributed by atoms with Crippen LogP contribution in [0.25, 0.3) is 11.4 Å². The summed E-state index contributed by atoms with van der Waals surface area (Å²) < 4.78 is 2.00. The van der Waals surface area contributed by atoms with Crippen molar-refractivity contribution in [3.8, 4) is 11.4 Å². The summed E-state index contributed by atoms with van der Waals surface area (Å²) in [4.78, 5) is 31.4. The lowest BCUT2D eigenvalue weighted by Gasteiger charge is -2.30. The first kappa shape index (κ1) is 21.8. The number of nitrogens with one attached hydrogen (secondary N) is 1. The van der Waals surface area contributed by atoms with E-state index in [0.29, 0.717) is 28.9 Å². The number of fused-ring (bicyclic) bond motifs is 1. The summed E-state index contributed by atoms with van der Waals surface area (Å²) in [5, 5.41) is 11.8. The topological polar surface area (TPSA) is 93.0 Å². The van der Waals surface area contributed by atoms with Crippen molar-refractivity contribution in [3.05, 3.63) is 84.7 Å². The fourth-order valence-electron chi connectivity index (χ4n) is 3.85. The molecule has 0 aliphatic carbocycles. The standard InChI is InChI=1S/C25H22N6O2S/c1-17(24(33)30-16-22(32)27-20-11-5-6-12-21(20)30)34-25-29-28-23(19-10-7-13-26-14-19)31(25)15-18-8-3-2-4-9-18/h2-14,17H,15-16H2,1H3,(H,27,32)/t17-/m1/s1. The second kappa shape index (κ2) is 9.48. The van der Waals surface area contributed by atoms with E-state index in [9.17, 15) is 9.59 Å². The molecular formula is C25H22N6O2S. The minimum Gasteiger partial charge on any atom is -0.323 e. The van der Waals surface area contributed by atoms with Crippen LogP contribution in [0.15, 0.2) is 84.3 Å². The third-order valence-electron chi connectivity index (χ3n) is 5.49. The molecule has 2 aromatic carbocycles. The molecule has 8 nitrogen and oxygen atoms in total. The zero-order valence-corrected chi connectivity index (χ0v) is 19.3. The summed E-state index contributed by atoms with van der Waals surface area (Å²) in [5.74, 6) is 0.307. The molecule has 34 heavy (non-hydrogen) atoms. The molecule has 1 N–H and O–H groups in total. The molecule has 1 atom stereocenters. The highest BCUT2D eigenvalue weighted by Gasteiger charge is 2.31. The quantitative estimate of drug-likeness (QED) is 0.430. The zero-order chi connectivity index (χ0) is 23.5. The fourth-order valence-corrected chi connectivity index (χ4v) is 4.76. The number of amides is 2. The number of hydrogen-bond acceptors (Lipinski definition) is 6. The van der Waals surface area contributed by atoms with Crippen molar-refractivity contribution >= 4 is 35.0 Å². The molecule has 5 rings (SSSR count). The van der Waals surface area contributed by atoms with E-state index < -0.39 is 5.25 Å². The molecule has 170 valence electrons. The first-order chi connectivity index (χ1) is 16.6. The molecule has 2 aromatic heterocycles. The Hall–Kier alpha value is -3.98. The number of para-hydroxylation sites is 2. The number of anilines is 2. The fraction of sp³-hybridized carbons (Fsp3) is 0.160. The van der Waals surface area contributed by atoms with Crippen LogP contribution in [0.3, 0.4) is 0 Å². The number of benzene rings is 2. The molecule has 0 saturated carbocycles. The average molecular weight is 471 g/mol. The SMILES string of the molecule is C[C@@H](Sc1nnc(-c2cccnc2)n1Cc1ccccc1)C(=O)N1CC(=O)Nc2ccccc21. The molecule has 3 heterocycles. The predicted octanol–water partition coefficient (Wildman–Crippen LogP) is 3.85. The van der Waals surface area contributed by atoms with Gasteiger partial charge < -0.3 is 5.32 Å². The second-order valence-electron chi connectivity index (χ2n) is 7.87. The van der Waals surface area contributed by atoms with Gasteiger partial charge in [-0.1, -0.05) is 54.2 Å². The number of carbonyl (C=O) groups excluding carboxylic acids is 2. The van der Waals surface area contributed by atoms with Gasteiger partial charge in [-0.3, -0.25) is 24.0 Å². The Bertz CT molecular complexity index is 1330. The average Bonchev–Trinajstić information content (AvgIpc) is 3.26. The van der Waals surface area contributed by atoms with E-state index in [0.717, 1.165) is 11.1 Å². The van der Waals surface area contributed by atoms with Crippen molar-refractivity contribution < 1.29 is 9.59 Å². The number of thioether (sulfide) groups is 1. The summed E-state index contributed by atoms with van der Waals surface area (Å²) in [7, 11) is 0. The van der Waals surface area contributed by atoms with E-state index in [1.807, 2.05) is 72.2 Å². The Morgan fingerprint density at radius 3 is 2.65 bits per heavy atom. The molecule has 9 heteroatoms. The van der Waals surface area contributed by atoms with Gasteiger partial charge >= 0.3 is 0 Å². The Balaban J connectivity index is 1.44. The lowest BCUT2D eigenvalue weighted by Crippen LogP contribution is -2.45. The number of pyridine rings is 1. The third kappa shape index (κ3) is 4.42. The van der Waals surface area contributed by atoms with Crippen molar-refractivity contribution in [3.63, 3.8) is 0 Å². The molecule has 0 spiro atoms. The Labute approximate surface area is 201 Å². The monoisotopic (exact) mass is 470 g/mol. The van der Waals surface area contributed by atoms with E-state index in [4.69, 9.17) is 0 Å². The molecule has 2 amide bonds. The minimum atomic E-state index is -0.487. The highest BCUT2D eigenvalue weighted by molar-refractivity contribution is 8.00. The number of rotatable bonds is 6. The van der Waals surface area contributed by atoms with Gasteiger partial charge in [-0.2, -0.15) is 0 Å². The van der Waals surface area contributed by atoms with Crippen LogP contribution in [-0.4, -0.2) is 43.4 Å². The number of aromatic nitrogens is 4. The van der Waals surface area contributed by atoms with Crippen LogP contribution in [-0.2, 0) is 16.1 Å². The minimum absolute atomic E-state index is 0.0155. The molecule has 0 bridgehead atoms. The largest absolute Gasteiger partial charge is 0.323 e. The van der Waals surface area contributed by atoms with E-state index in [1.54, 1.807) is 18.5 Å². The van der Waals surface area contributed by atoms with Crippen LogP contribution in [0, 0.1) is 0 Å². The maximum atomic E-state index is 13.4.